The molecule has 16 heavy (non-hydrogen) atoms. The molecule has 2 rings (SSSR count). The number of rotatable bonds is 2. The predicted octanol–water partition coefficient (Wildman–Crippen LogP) is 2.42. The average Bonchev–Trinajstić information content (AvgIpc) is 2.25. The number of aryl methyl sites for hydroxylation is 1. The lowest BCUT2D eigenvalue weighted by Gasteiger charge is -2.10. The number of benzene rings is 1. The average molecular weight is 214 g/mol. The molecule has 1 heterocycles. The summed E-state index contributed by atoms with van der Waals surface area (Å²) in [6.45, 7) is 4.15. The van der Waals surface area contributed by atoms with Gasteiger partial charge in [-0.05, 0) is 37.1 Å². The van der Waals surface area contributed by atoms with Gasteiger partial charge in [0.25, 0.3) is 0 Å². The van der Waals surface area contributed by atoms with E-state index in [1.165, 1.54) is 11.1 Å². The van der Waals surface area contributed by atoms with Gasteiger partial charge in [-0.2, -0.15) is 4.98 Å². The Morgan fingerprint density at radius 1 is 1.19 bits per heavy atom. The van der Waals surface area contributed by atoms with E-state index in [2.05, 4.69) is 35.2 Å². The molecule has 0 unspecified atom stereocenters. The Kier molecular flexibility index (Phi) is 2.72. The molecule has 0 bridgehead atoms. The number of nitrogens with zero attached hydrogens (tertiary/aromatic N) is 2. The van der Waals surface area contributed by atoms with E-state index in [9.17, 15) is 0 Å². The molecular weight excluding hydrogens is 200 g/mol. The smallest absolute Gasteiger partial charge is 0.221 e. The quantitative estimate of drug-likeness (QED) is 0.805. The number of anilines is 3. The van der Waals surface area contributed by atoms with Crippen LogP contribution in [0.15, 0.2) is 30.5 Å². The fourth-order valence-corrected chi connectivity index (χ4v) is 1.47. The zero-order valence-electron chi connectivity index (χ0n) is 9.36. The maximum absolute atomic E-state index is 5.52. The summed E-state index contributed by atoms with van der Waals surface area (Å²) in [6, 6.07) is 7.89. The molecule has 2 aromatic rings. The summed E-state index contributed by atoms with van der Waals surface area (Å²) < 4.78 is 0. The minimum Gasteiger partial charge on any atom is -0.368 e. The van der Waals surface area contributed by atoms with Crippen molar-refractivity contribution in [3.8, 4) is 0 Å². The summed E-state index contributed by atoms with van der Waals surface area (Å²) in [5.41, 5.74) is 9.01. The molecule has 4 heteroatoms. The van der Waals surface area contributed by atoms with Crippen LogP contribution in [0.2, 0.25) is 0 Å². The van der Waals surface area contributed by atoms with Crippen LogP contribution in [0.1, 0.15) is 11.1 Å². The van der Waals surface area contributed by atoms with Gasteiger partial charge in [0, 0.05) is 11.9 Å². The van der Waals surface area contributed by atoms with Crippen LogP contribution in [-0.2, 0) is 0 Å². The summed E-state index contributed by atoms with van der Waals surface area (Å²) in [5.74, 6) is 0.983. The molecule has 0 aliphatic heterocycles. The fraction of sp³-hybridized carbons (Fsp3) is 0.167. The van der Waals surface area contributed by atoms with Crippen LogP contribution in [-0.4, -0.2) is 9.97 Å². The standard InChI is InChI=1S/C12H14N4/c1-8-4-3-5-10(9(8)2)15-11-6-7-14-12(13)16-11/h3-7H,1-2H3,(H3,13,14,15,16). The second-order valence-electron chi connectivity index (χ2n) is 3.67. The Labute approximate surface area is 94.5 Å². The van der Waals surface area contributed by atoms with Crippen LogP contribution in [0.25, 0.3) is 0 Å². The summed E-state index contributed by atoms with van der Waals surface area (Å²) in [5, 5.41) is 3.22. The van der Waals surface area contributed by atoms with Gasteiger partial charge in [-0.1, -0.05) is 12.1 Å². The van der Waals surface area contributed by atoms with E-state index in [-0.39, 0.29) is 5.95 Å². The van der Waals surface area contributed by atoms with Crippen molar-refractivity contribution in [2.45, 2.75) is 13.8 Å². The zero-order chi connectivity index (χ0) is 11.5. The van der Waals surface area contributed by atoms with Crippen LogP contribution in [0.3, 0.4) is 0 Å². The third-order valence-corrected chi connectivity index (χ3v) is 2.54. The van der Waals surface area contributed by atoms with Crippen molar-refractivity contribution in [3.05, 3.63) is 41.6 Å². The Hall–Kier alpha value is -2.10. The lowest BCUT2D eigenvalue weighted by atomic mass is 10.1. The number of nitrogens with two attached hydrogens (primary N) is 1. The number of nitrogens with one attached hydrogen (secondary N) is 1. The first-order valence-corrected chi connectivity index (χ1v) is 5.08. The summed E-state index contributed by atoms with van der Waals surface area (Å²) in [7, 11) is 0. The highest BCUT2D eigenvalue weighted by Gasteiger charge is 2.02. The molecule has 0 fully saturated rings. The van der Waals surface area contributed by atoms with Crippen molar-refractivity contribution in [3.63, 3.8) is 0 Å². The van der Waals surface area contributed by atoms with Gasteiger partial charge >= 0.3 is 0 Å². The molecule has 0 aliphatic carbocycles. The SMILES string of the molecule is Cc1cccc(Nc2ccnc(N)n2)c1C. The van der Waals surface area contributed by atoms with Crippen LogP contribution < -0.4 is 11.1 Å². The Morgan fingerprint density at radius 2 is 2.00 bits per heavy atom. The highest BCUT2D eigenvalue weighted by Crippen LogP contribution is 2.21. The molecule has 0 radical (unpaired) electrons. The zero-order valence-corrected chi connectivity index (χ0v) is 9.36. The molecule has 0 amide bonds. The molecule has 0 saturated heterocycles. The van der Waals surface area contributed by atoms with E-state index in [0.717, 1.165) is 5.69 Å². The van der Waals surface area contributed by atoms with Crippen molar-refractivity contribution >= 4 is 17.5 Å². The summed E-state index contributed by atoms with van der Waals surface area (Å²) >= 11 is 0. The van der Waals surface area contributed by atoms with E-state index in [1.54, 1.807) is 12.3 Å². The molecule has 0 atom stereocenters. The largest absolute Gasteiger partial charge is 0.368 e. The molecule has 0 spiro atoms. The van der Waals surface area contributed by atoms with Gasteiger partial charge in [0.2, 0.25) is 5.95 Å². The number of aromatic nitrogens is 2. The Morgan fingerprint density at radius 3 is 2.75 bits per heavy atom. The van der Waals surface area contributed by atoms with Crippen molar-refractivity contribution in [1.29, 1.82) is 0 Å². The molecular formula is C12H14N4. The summed E-state index contributed by atoms with van der Waals surface area (Å²) in [6.07, 6.45) is 1.63. The van der Waals surface area contributed by atoms with Gasteiger partial charge in [0.15, 0.2) is 0 Å². The van der Waals surface area contributed by atoms with Gasteiger partial charge in [0.05, 0.1) is 0 Å². The van der Waals surface area contributed by atoms with Crippen LogP contribution >= 0.6 is 0 Å². The van der Waals surface area contributed by atoms with Gasteiger partial charge in [-0.15, -0.1) is 0 Å². The van der Waals surface area contributed by atoms with E-state index in [4.69, 9.17) is 5.73 Å². The number of hydrogen-bond donors (Lipinski definition) is 2. The van der Waals surface area contributed by atoms with Crippen molar-refractivity contribution in [1.82, 2.24) is 9.97 Å². The van der Waals surface area contributed by atoms with Crippen molar-refractivity contribution in [2.24, 2.45) is 0 Å². The van der Waals surface area contributed by atoms with Crippen molar-refractivity contribution < 1.29 is 0 Å². The third-order valence-electron chi connectivity index (χ3n) is 2.54. The van der Waals surface area contributed by atoms with Crippen LogP contribution in [0, 0.1) is 13.8 Å². The molecule has 0 saturated carbocycles. The lowest BCUT2D eigenvalue weighted by molar-refractivity contribution is 1.18. The predicted molar refractivity (Wildman–Crippen MR) is 65.6 cm³/mol. The Balaban J connectivity index is 2.31. The van der Waals surface area contributed by atoms with Crippen LogP contribution in [0.4, 0.5) is 17.5 Å². The first-order valence-electron chi connectivity index (χ1n) is 5.08. The molecule has 1 aromatic heterocycles. The van der Waals surface area contributed by atoms with Gasteiger partial charge in [0.1, 0.15) is 5.82 Å². The molecule has 82 valence electrons. The normalized spacial score (nSPS) is 10.1. The van der Waals surface area contributed by atoms with Gasteiger partial charge in [-0.25, -0.2) is 4.98 Å². The first kappa shape index (κ1) is 10.4. The van der Waals surface area contributed by atoms with Gasteiger partial charge in [-0.3, -0.25) is 0 Å². The van der Waals surface area contributed by atoms with Gasteiger partial charge < -0.3 is 11.1 Å². The highest BCUT2D eigenvalue weighted by molar-refractivity contribution is 5.62. The third kappa shape index (κ3) is 2.11. The second-order valence-corrected chi connectivity index (χ2v) is 3.67. The van der Waals surface area contributed by atoms with E-state index >= 15 is 0 Å². The minimum atomic E-state index is 0.273. The van der Waals surface area contributed by atoms with E-state index in [0.29, 0.717) is 5.82 Å². The molecule has 4 nitrogen and oxygen atoms in total. The molecule has 0 aliphatic rings. The summed E-state index contributed by atoms with van der Waals surface area (Å²) in [4.78, 5) is 7.94. The highest BCUT2D eigenvalue weighted by atomic mass is 15.1. The monoisotopic (exact) mass is 214 g/mol. The second kappa shape index (κ2) is 4.18. The lowest BCUT2D eigenvalue weighted by Crippen LogP contribution is -2.00. The van der Waals surface area contributed by atoms with E-state index < -0.39 is 0 Å². The number of hydrogen-bond acceptors (Lipinski definition) is 4. The first-order chi connectivity index (χ1) is 7.66. The number of nitrogen functional groups attached to an aromatic ring is 1. The minimum absolute atomic E-state index is 0.273. The van der Waals surface area contributed by atoms with Crippen LogP contribution in [0.5, 0.6) is 0 Å². The fourth-order valence-electron chi connectivity index (χ4n) is 1.47. The molecule has 3 N–H and O–H groups in total. The maximum atomic E-state index is 5.52. The van der Waals surface area contributed by atoms with Crippen molar-refractivity contribution in [2.75, 3.05) is 11.1 Å². The maximum Gasteiger partial charge on any atom is 0.221 e. The van der Waals surface area contributed by atoms with E-state index in [1.807, 2.05) is 12.1 Å². The molecule has 1 aromatic carbocycles. The Bertz CT molecular complexity index is 508. The topological polar surface area (TPSA) is 63.8 Å².